The second kappa shape index (κ2) is 7.37. The highest BCUT2D eigenvalue weighted by Gasteiger charge is 2.34. The van der Waals surface area contributed by atoms with Crippen LogP contribution in [0.2, 0.25) is 0 Å². The maximum Gasteiger partial charge on any atom is 0.251 e. The van der Waals surface area contributed by atoms with Crippen molar-refractivity contribution in [2.24, 2.45) is 0 Å². The number of hydrogen-bond donors (Lipinski definition) is 1. The third-order valence-electron chi connectivity index (χ3n) is 5.22. The maximum absolute atomic E-state index is 13.0. The Morgan fingerprint density at radius 1 is 1.17 bits per heavy atom. The van der Waals surface area contributed by atoms with Gasteiger partial charge in [-0.05, 0) is 57.5 Å². The third-order valence-corrected chi connectivity index (χ3v) is 6.42. The van der Waals surface area contributed by atoms with E-state index in [0.29, 0.717) is 23.2 Å². The summed E-state index contributed by atoms with van der Waals surface area (Å²) < 4.78 is 30.9. The maximum atomic E-state index is 13.0. The van der Waals surface area contributed by atoms with Crippen molar-refractivity contribution in [3.05, 3.63) is 58.7 Å². The summed E-state index contributed by atoms with van der Waals surface area (Å²) in [6.07, 6.45) is 1.81. The summed E-state index contributed by atoms with van der Waals surface area (Å²) in [5.74, 6) is 0.593. The van der Waals surface area contributed by atoms with Crippen LogP contribution < -0.4 is 14.4 Å². The van der Waals surface area contributed by atoms with Crippen LogP contribution in [0.25, 0.3) is 0 Å². The fourth-order valence-electron chi connectivity index (χ4n) is 3.67. The molecule has 0 aromatic heterocycles. The lowest BCUT2D eigenvalue weighted by Crippen LogP contribution is -2.41. The average molecular weight is 417 g/mol. The van der Waals surface area contributed by atoms with Gasteiger partial charge < -0.3 is 10.1 Å². The molecular formula is C22H28N2O4S. The molecule has 1 aliphatic rings. The Labute approximate surface area is 172 Å². The van der Waals surface area contributed by atoms with Crippen LogP contribution in [0, 0.1) is 13.8 Å². The number of nitrogens with one attached hydrogen (secondary N) is 1. The summed E-state index contributed by atoms with van der Waals surface area (Å²) in [6, 6.07) is 10.9. The quantitative estimate of drug-likeness (QED) is 0.824. The number of ether oxygens (including phenoxy) is 1. The van der Waals surface area contributed by atoms with E-state index in [-0.39, 0.29) is 11.9 Å². The SMILES string of the molecule is Cc1ccc2c(c1)[C@H](NC(=O)c1ccc(N(C)S(C)(=O)=O)c(C)c1)CC(C)(C)O2. The molecule has 2 aromatic carbocycles. The topological polar surface area (TPSA) is 75.7 Å². The van der Waals surface area contributed by atoms with E-state index in [1.54, 1.807) is 25.1 Å². The second-order valence-electron chi connectivity index (χ2n) is 8.36. The zero-order valence-corrected chi connectivity index (χ0v) is 18.6. The van der Waals surface area contributed by atoms with Crippen LogP contribution in [0.1, 0.15) is 53.4 Å². The fraction of sp³-hybridized carbons (Fsp3) is 0.409. The molecule has 0 radical (unpaired) electrons. The molecular weight excluding hydrogens is 388 g/mol. The van der Waals surface area contributed by atoms with Gasteiger partial charge in [-0.1, -0.05) is 17.7 Å². The Morgan fingerprint density at radius 2 is 1.86 bits per heavy atom. The lowest BCUT2D eigenvalue weighted by Gasteiger charge is -2.38. The van der Waals surface area contributed by atoms with E-state index in [9.17, 15) is 13.2 Å². The molecule has 1 N–H and O–H groups in total. The minimum atomic E-state index is -3.37. The zero-order chi connectivity index (χ0) is 21.6. The highest BCUT2D eigenvalue weighted by molar-refractivity contribution is 7.92. The number of rotatable bonds is 4. The van der Waals surface area contributed by atoms with E-state index < -0.39 is 15.6 Å². The average Bonchev–Trinajstić information content (AvgIpc) is 2.60. The smallest absolute Gasteiger partial charge is 0.251 e. The van der Waals surface area contributed by atoms with Gasteiger partial charge >= 0.3 is 0 Å². The van der Waals surface area contributed by atoms with Crippen molar-refractivity contribution in [3.8, 4) is 5.75 Å². The standard InChI is InChI=1S/C22H28N2O4S/c1-14-7-10-20-17(11-14)18(13-22(3,4)28-20)23-21(25)16-8-9-19(15(2)12-16)24(5)29(6,26)27/h7-12,18H,13H2,1-6H3,(H,23,25)/t18-/m1/s1. The highest BCUT2D eigenvalue weighted by Crippen LogP contribution is 2.40. The van der Waals surface area contributed by atoms with Crippen LogP contribution in [0.4, 0.5) is 5.69 Å². The number of fused-ring (bicyclic) bond motifs is 1. The number of nitrogens with zero attached hydrogens (tertiary/aromatic N) is 1. The monoisotopic (exact) mass is 416 g/mol. The molecule has 7 heteroatoms. The number of aryl methyl sites for hydroxylation is 2. The van der Waals surface area contributed by atoms with E-state index in [2.05, 4.69) is 5.32 Å². The molecule has 1 heterocycles. The lowest BCUT2D eigenvalue weighted by molar-refractivity contribution is 0.0619. The molecule has 1 amide bonds. The first-order valence-corrected chi connectivity index (χ1v) is 11.4. The molecule has 0 spiro atoms. The van der Waals surface area contributed by atoms with E-state index in [1.165, 1.54) is 11.4 Å². The van der Waals surface area contributed by atoms with Crippen molar-refractivity contribution in [2.45, 2.75) is 45.8 Å². The van der Waals surface area contributed by atoms with Gasteiger partial charge in [0.2, 0.25) is 10.0 Å². The minimum absolute atomic E-state index is 0.167. The summed E-state index contributed by atoms with van der Waals surface area (Å²) in [5.41, 5.74) is 3.45. The summed E-state index contributed by atoms with van der Waals surface area (Å²) in [5, 5.41) is 3.13. The van der Waals surface area contributed by atoms with Gasteiger partial charge in [-0.15, -0.1) is 0 Å². The molecule has 3 rings (SSSR count). The predicted octanol–water partition coefficient (Wildman–Crippen LogP) is 3.73. The molecule has 1 aliphatic heterocycles. The molecule has 2 aromatic rings. The van der Waals surface area contributed by atoms with E-state index in [1.807, 2.05) is 39.0 Å². The molecule has 0 aliphatic carbocycles. The van der Waals surface area contributed by atoms with Crippen LogP contribution in [0.5, 0.6) is 5.75 Å². The zero-order valence-electron chi connectivity index (χ0n) is 17.7. The summed E-state index contributed by atoms with van der Waals surface area (Å²) >= 11 is 0. The van der Waals surface area contributed by atoms with Gasteiger partial charge in [0.05, 0.1) is 18.0 Å². The van der Waals surface area contributed by atoms with Crippen molar-refractivity contribution < 1.29 is 17.9 Å². The Kier molecular flexibility index (Phi) is 5.38. The molecule has 29 heavy (non-hydrogen) atoms. The van der Waals surface area contributed by atoms with Gasteiger partial charge in [0.1, 0.15) is 11.4 Å². The Morgan fingerprint density at radius 3 is 2.48 bits per heavy atom. The molecule has 156 valence electrons. The van der Waals surface area contributed by atoms with Gasteiger partial charge in [-0.3, -0.25) is 9.10 Å². The van der Waals surface area contributed by atoms with E-state index >= 15 is 0 Å². The van der Waals surface area contributed by atoms with Crippen molar-refractivity contribution in [2.75, 3.05) is 17.6 Å². The largest absolute Gasteiger partial charge is 0.487 e. The number of carbonyl (C=O) groups is 1. The number of sulfonamides is 1. The predicted molar refractivity (Wildman–Crippen MR) is 115 cm³/mol. The van der Waals surface area contributed by atoms with Crippen molar-refractivity contribution in [1.29, 1.82) is 0 Å². The second-order valence-corrected chi connectivity index (χ2v) is 10.4. The van der Waals surface area contributed by atoms with E-state index in [4.69, 9.17) is 4.74 Å². The lowest BCUT2D eigenvalue weighted by atomic mass is 9.88. The molecule has 0 bridgehead atoms. The van der Waals surface area contributed by atoms with E-state index in [0.717, 1.165) is 23.1 Å². The summed E-state index contributed by atoms with van der Waals surface area (Å²) in [7, 11) is -1.87. The highest BCUT2D eigenvalue weighted by atomic mass is 32.2. The number of benzene rings is 2. The first kappa shape index (κ1) is 21.2. The Bertz CT molecular complexity index is 1060. The van der Waals surface area contributed by atoms with Gasteiger partial charge in [0.15, 0.2) is 0 Å². The molecule has 1 atom stereocenters. The van der Waals surface area contributed by atoms with Crippen LogP contribution in [0.15, 0.2) is 36.4 Å². The molecule has 0 saturated heterocycles. The first-order chi connectivity index (χ1) is 13.4. The number of hydrogen-bond acceptors (Lipinski definition) is 4. The molecule has 0 saturated carbocycles. The third kappa shape index (κ3) is 4.56. The van der Waals surface area contributed by atoms with Gasteiger partial charge in [-0.2, -0.15) is 0 Å². The van der Waals surface area contributed by atoms with Crippen LogP contribution >= 0.6 is 0 Å². The Hall–Kier alpha value is -2.54. The molecule has 0 unspecified atom stereocenters. The Balaban J connectivity index is 1.87. The van der Waals surface area contributed by atoms with Crippen LogP contribution in [-0.4, -0.2) is 33.2 Å². The fourth-order valence-corrected chi connectivity index (χ4v) is 4.24. The number of carbonyl (C=O) groups excluding carboxylic acids is 1. The van der Waals surface area contributed by atoms with Crippen LogP contribution in [-0.2, 0) is 10.0 Å². The molecule has 6 nitrogen and oxygen atoms in total. The number of anilines is 1. The van der Waals surface area contributed by atoms with Gasteiger partial charge in [0.25, 0.3) is 5.91 Å². The number of amides is 1. The van der Waals surface area contributed by atoms with Crippen molar-refractivity contribution in [3.63, 3.8) is 0 Å². The van der Waals surface area contributed by atoms with Crippen LogP contribution in [0.3, 0.4) is 0 Å². The first-order valence-electron chi connectivity index (χ1n) is 9.52. The normalized spacial score (nSPS) is 17.8. The van der Waals surface area contributed by atoms with Crippen molar-refractivity contribution >= 4 is 21.6 Å². The summed E-state index contributed by atoms with van der Waals surface area (Å²) in [4.78, 5) is 13.0. The molecule has 0 fully saturated rings. The summed E-state index contributed by atoms with van der Waals surface area (Å²) in [6.45, 7) is 7.83. The van der Waals surface area contributed by atoms with Crippen molar-refractivity contribution in [1.82, 2.24) is 5.32 Å². The minimum Gasteiger partial charge on any atom is -0.487 e. The van der Waals surface area contributed by atoms with Gasteiger partial charge in [0, 0.05) is 24.6 Å². The van der Waals surface area contributed by atoms with Gasteiger partial charge in [-0.25, -0.2) is 8.42 Å².